The first-order valence-electron chi connectivity index (χ1n) is 5.44. The fourth-order valence-electron chi connectivity index (χ4n) is 1.44. The van der Waals surface area contributed by atoms with E-state index in [1.807, 2.05) is 0 Å². The molecule has 0 aliphatic carbocycles. The quantitative estimate of drug-likeness (QED) is 0.243. The third-order valence-electron chi connectivity index (χ3n) is 2.14. The molecule has 0 saturated heterocycles. The van der Waals surface area contributed by atoms with E-state index >= 15 is 0 Å². The van der Waals surface area contributed by atoms with Gasteiger partial charge in [0, 0.05) is 157 Å². The van der Waals surface area contributed by atoms with Gasteiger partial charge in [-0.25, -0.2) is 0 Å². The summed E-state index contributed by atoms with van der Waals surface area (Å²) in [6, 6.07) is 0. The summed E-state index contributed by atoms with van der Waals surface area (Å²) in [5.74, 6) is -6.12. The molecule has 4 radical (unpaired) electrons. The predicted octanol–water partition coefficient (Wildman–Crippen LogP) is -8.94. The number of rotatable bonds is 11. The van der Waals surface area contributed by atoms with Crippen molar-refractivity contribution in [3.63, 3.8) is 0 Å². The number of carboxylic acid groups (broad SMARTS) is 4. The van der Waals surface area contributed by atoms with Crippen LogP contribution in [-0.2, 0) is 58.1 Å². The molecule has 0 amide bonds. The molecule has 0 aromatic carbocycles. The van der Waals surface area contributed by atoms with E-state index in [0.717, 1.165) is 9.80 Å². The molecule has 0 heterocycles. The number of carbonyl (C=O) groups is 4. The Morgan fingerprint density at radius 1 is 0.500 bits per heavy atom. The molecule has 0 aliphatic rings. The van der Waals surface area contributed by atoms with Crippen LogP contribution in [0.1, 0.15) is 0 Å². The zero-order valence-electron chi connectivity index (χ0n) is 15.8. The van der Waals surface area contributed by atoms with Crippen LogP contribution < -0.4 is 20.4 Å². The Labute approximate surface area is 265 Å². The minimum atomic E-state index is -1.53. The van der Waals surface area contributed by atoms with Crippen molar-refractivity contribution in [3.05, 3.63) is 0 Å². The molecular formula is C10H12N2Na4O8Zn2. The third-order valence-corrected chi connectivity index (χ3v) is 2.14. The van der Waals surface area contributed by atoms with Crippen LogP contribution in [0.25, 0.3) is 0 Å². The zero-order valence-corrected chi connectivity index (χ0v) is 29.8. The van der Waals surface area contributed by atoms with Gasteiger partial charge in [0.2, 0.25) is 0 Å². The number of aliphatic carboxylic acids is 4. The van der Waals surface area contributed by atoms with Gasteiger partial charge in [-0.15, -0.1) is 0 Å². The van der Waals surface area contributed by atoms with Gasteiger partial charge in [0.1, 0.15) is 0 Å². The fraction of sp³-hybridized carbons (Fsp3) is 0.600. The zero-order chi connectivity index (χ0) is 15.7. The Morgan fingerprint density at radius 2 is 0.654 bits per heavy atom. The van der Waals surface area contributed by atoms with Gasteiger partial charge in [-0.2, -0.15) is 0 Å². The summed E-state index contributed by atoms with van der Waals surface area (Å²) in [4.78, 5) is 43.4. The van der Waals surface area contributed by atoms with E-state index < -0.39 is 50.1 Å². The van der Waals surface area contributed by atoms with Crippen LogP contribution >= 0.6 is 0 Å². The molecule has 10 nitrogen and oxygen atoms in total. The summed E-state index contributed by atoms with van der Waals surface area (Å²) in [7, 11) is 0. The molecule has 0 aromatic rings. The molecule has 0 saturated carbocycles. The average molecular weight is 511 g/mol. The van der Waals surface area contributed by atoms with Gasteiger partial charge in [-0.1, -0.05) is 0 Å². The van der Waals surface area contributed by atoms with Gasteiger partial charge in [-0.05, 0) is 0 Å². The summed E-state index contributed by atoms with van der Waals surface area (Å²) in [5, 5.41) is 41.6. The van der Waals surface area contributed by atoms with Crippen LogP contribution in [0.3, 0.4) is 0 Å². The Morgan fingerprint density at radius 3 is 0.769 bits per heavy atom. The number of hydrogen-bond acceptors (Lipinski definition) is 10. The second kappa shape index (κ2) is 28.0. The van der Waals surface area contributed by atoms with E-state index in [9.17, 15) is 39.6 Å². The van der Waals surface area contributed by atoms with Crippen LogP contribution in [0.2, 0.25) is 0 Å². The predicted molar refractivity (Wildman–Crippen MR) is 75.9 cm³/mol. The van der Waals surface area contributed by atoms with E-state index in [4.69, 9.17) is 0 Å². The van der Waals surface area contributed by atoms with Crippen molar-refractivity contribution >= 4 is 142 Å². The molecule has 0 aliphatic heterocycles. The standard InChI is InChI=1S/C10H16N2O8.4Na.2Zn/c13-7(14)3-11(4-8(15)16)1-2-12(5-9(17)18)6-10(19)20;;;;;;/h1-6H2,(H,13,14)(H,15,16)(H,17,18)(H,19,20);;;;;;/q;;;;;2*+2/p-4. The van der Waals surface area contributed by atoms with Gasteiger partial charge < -0.3 is 39.6 Å². The first-order valence-corrected chi connectivity index (χ1v) is 5.44. The Kier molecular flexibility index (Phi) is 50.7. The summed E-state index contributed by atoms with van der Waals surface area (Å²) in [6.45, 7) is -3.25. The molecule has 26 heavy (non-hydrogen) atoms. The molecule has 0 rings (SSSR count). The first kappa shape index (κ1) is 47.0. The van der Waals surface area contributed by atoms with Crippen LogP contribution in [-0.4, -0.2) is 191 Å². The maximum absolute atomic E-state index is 10.4. The number of hydrogen-bond donors (Lipinski definition) is 0. The minimum absolute atomic E-state index is 0. The summed E-state index contributed by atoms with van der Waals surface area (Å²) < 4.78 is 0. The van der Waals surface area contributed by atoms with E-state index in [1.165, 1.54) is 0 Å². The van der Waals surface area contributed by atoms with Crippen molar-refractivity contribution in [2.45, 2.75) is 0 Å². The maximum atomic E-state index is 10.4. The van der Waals surface area contributed by atoms with Gasteiger partial charge in [0.05, 0.1) is 23.9 Å². The molecule has 0 spiro atoms. The van der Waals surface area contributed by atoms with Crippen molar-refractivity contribution in [3.8, 4) is 0 Å². The fourth-order valence-corrected chi connectivity index (χ4v) is 1.44. The third kappa shape index (κ3) is 31.7. The minimum Gasteiger partial charge on any atom is -0.549 e. The molecule has 0 bridgehead atoms. The second-order valence-corrected chi connectivity index (χ2v) is 3.91. The van der Waals surface area contributed by atoms with E-state index in [2.05, 4.69) is 0 Å². The van der Waals surface area contributed by atoms with Crippen LogP contribution in [0, 0.1) is 0 Å². The number of nitrogens with zero attached hydrogens (tertiary/aromatic N) is 2. The van der Waals surface area contributed by atoms with E-state index in [0.29, 0.717) is 0 Å². The van der Waals surface area contributed by atoms with Crippen molar-refractivity contribution in [2.75, 3.05) is 39.3 Å². The SMILES string of the molecule is O=C([O-])CN(CCN(CC(=O)[O-])CC(=O)[O-])CC(=O)[O-].[Na].[Na].[Na].[Na].[Zn+2].[Zn+2]. The molecule has 0 N–H and O–H groups in total. The average Bonchev–Trinajstić information content (AvgIpc) is 2.22. The Hall–Kier alpha value is 3.05. The molecule has 0 unspecified atom stereocenters. The number of carboxylic acids is 4. The van der Waals surface area contributed by atoms with Crippen LogP contribution in [0.15, 0.2) is 0 Å². The monoisotopic (exact) mass is 508 g/mol. The largest absolute Gasteiger partial charge is 2.00 e. The summed E-state index contributed by atoms with van der Waals surface area (Å²) in [6.07, 6.45) is 0. The summed E-state index contributed by atoms with van der Waals surface area (Å²) in [5.41, 5.74) is 0. The van der Waals surface area contributed by atoms with Crippen molar-refractivity contribution in [1.82, 2.24) is 9.80 Å². The maximum Gasteiger partial charge on any atom is 2.00 e. The van der Waals surface area contributed by atoms with E-state index in [-0.39, 0.29) is 170 Å². The molecule has 16 heteroatoms. The smallest absolute Gasteiger partial charge is 0.549 e. The molecular weight excluding hydrogens is 499 g/mol. The van der Waals surface area contributed by atoms with E-state index in [1.54, 1.807) is 0 Å². The van der Waals surface area contributed by atoms with Crippen LogP contribution in [0.5, 0.6) is 0 Å². The Bertz CT molecular complexity index is 341. The molecule has 0 atom stereocenters. The van der Waals surface area contributed by atoms with Gasteiger partial charge in [0.25, 0.3) is 0 Å². The second-order valence-electron chi connectivity index (χ2n) is 3.91. The normalized spacial score (nSPS) is 8.23. The van der Waals surface area contributed by atoms with Gasteiger partial charge >= 0.3 is 39.0 Å². The summed E-state index contributed by atoms with van der Waals surface area (Å²) >= 11 is 0. The van der Waals surface area contributed by atoms with Crippen LogP contribution in [0.4, 0.5) is 0 Å². The number of carbonyl (C=O) groups excluding carboxylic acids is 4. The molecule has 0 aromatic heterocycles. The van der Waals surface area contributed by atoms with Crippen molar-refractivity contribution in [2.24, 2.45) is 0 Å². The Balaban J connectivity index is -0.000000120. The van der Waals surface area contributed by atoms with Crippen molar-refractivity contribution in [1.29, 1.82) is 0 Å². The van der Waals surface area contributed by atoms with Gasteiger partial charge in [0.15, 0.2) is 0 Å². The molecule has 118 valence electrons. The molecule has 0 fully saturated rings. The first-order chi connectivity index (χ1) is 9.20. The topological polar surface area (TPSA) is 167 Å². The van der Waals surface area contributed by atoms with Gasteiger partial charge in [-0.3, -0.25) is 9.80 Å². The van der Waals surface area contributed by atoms with Crippen molar-refractivity contribution < 1.29 is 78.6 Å².